The Bertz CT molecular complexity index is 940. The maximum atomic E-state index is 11.9. The van der Waals surface area contributed by atoms with E-state index in [4.69, 9.17) is 19.7 Å². The van der Waals surface area contributed by atoms with Gasteiger partial charge in [0.25, 0.3) is 0 Å². The highest BCUT2D eigenvalue weighted by Crippen LogP contribution is 2.22. The summed E-state index contributed by atoms with van der Waals surface area (Å²) in [6.07, 6.45) is -0.139. The molecule has 148 valence electrons. The summed E-state index contributed by atoms with van der Waals surface area (Å²) >= 11 is 0. The molecule has 2 N–H and O–H groups in total. The number of carbonyl (C=O) groups excluding carboxylic acids is 4. The SMILES string of the molecule is O=Cc1ccc(OC(=O)CC(=O)Oc2ccc(C=O)cc2C(=O)O)c(C(=O)O)c1. The van der Waals surface area contributed by atoms with Crippen molar-refractivity contribution in [3.63, 3.8) is 0 Å². The van der Waals surface area contributed by atoms with E-state index in [1.165, 1.54) is 12.1 Å². The molecule has 0 aliphatic carbocycles. The molecule has 0 aliphatic heterocycles. The number of hydrogen-bond acceptors (Lipinski definition) is 8. The van der Waals surface area contributed by atoms with Gasteiger partial charge < -0.3 is 19.7 Å². The summed E-state index contributed by atoms with van der Waals surface area (Å²) < 4.78 is 9.66. The van der Waals surface area contributed by atoms with Gasteiger partial charge >= 0.3 is 23.9 Å². The van der Waals surface area contributed by atoms with Crippen LogP contribution >= 0.6 is 0 Å². The van der Waals surface area contributed by atoms with Crippen molar-refractivity contribution in [3.8, 4) is 11.5 Å². The molecule has 29 heavy (non-hydrogen) atoms. The average molecular weight is 400 g/mol. The largest absolute Gasteiger partial charge is 0.478 e. The van der Waals surface area contributed by atoms with Gasteiger partial charge in [-0.05, 0) is 36.4 Å². The number of carboxylic acid groups (broad SMARTS) is 2. The molecular weight excluding hydrogens is 388 g/mol. The van der Waals surface area contributed by atoms with Gasteiger partial charge in [0.05, 0.1) is 0 Å². The monoisotopic (exact) mass is 400 g/mol. The van der Waals surface area contributed by atoms with Crippen LogP contribution in [0.5, 0.6) is 11.5 Å². The van der Waals surface area contributed by atoms with Crippen molar-refractivity contribution in [2.75, 3.05) is 0 Å². The fraction of sp³-hybridized carbons (Fsp3) is 0.0526. The minimum atomic E-state index is -1.46. The van der Waals surface area contributed by atoms with Gasteiger partial charge in [0.2, 0.25) is 0 Å². The number of aldehydes is 2. The number of aromatic carboxylic acids is 2. The van der Waals surface area contributed by atoms with Crippen LogP contribution in [0.1, 0.15) is 47.9 Å². The van der Waals surface area contributed by atoms with Crippen molar-refractivity contribution in [1.29, 1.82) is 0 Å². The Morgan fingerprint density at radius 3 is 1.41 bits per heavy atom. The highest BCUT2D eigenvalue weighted by atomic mass is 16.6. The molecule has 0 spiro atoms. The third-order valence-electron chi connectivity index (χ3n) is 3.48. The summed E-state index contributed by atoms with van der Waals surface area (Å²) in [6, 6.07) is 6.57. The van der Waals surface area contributed by atoms with E-state index in [9.17, 15) is 28.8 Å². The lowest BCUT2D eigenvalue weighted by Crippen LogP contribution is -2.20. The van der Waals surface area contributed by atoms with Gasteiger partial charge in [0.15, 0.2) is 0 Å². The van der Waals surface area contributed by atoms with E-state index in [1.807, 2.05) is 0 Å². The molecule has 10 nitrogen and oxygen atoms in total. The van der Waals surface area contributed by atoms with Crippen LogP contribution in [0.4, 0.5) is 0 Å². The number of hydrogen-bond donors (Lipinski definition) is 2. The molecule has 0 bridgehead atoms. The normalized spacial score (nSPS) is 9.93. The zero-order valence-electron chi connectivity index (χ0n) is 14.5. The summed E-state index contributed by atoms with van der Waals surface area (Å²) in [6.45, 7) is 0. The summed E-state index contributed by atoms with van der Waals surface area (Å²) in [7, 11) is 0. The topological polar surface area (TPSA) is 161 Å². The smallest absolute Gasteiger partial charge is 0.339 e. The Morgan fingerprint density at radius 2 is 1.10 bits per heavy atom. The maximum Gasteiger partial charge on any atom is 0.339 e. The first-order chi connectivity index (χ1) is 13.7. The van der Waals surface area contributed by atoms with Gasteiger partial charge in [-0.25, -0.2) is 9.59 Å². The molecule has 0 saturated heterocycles. The van der Waals surface area contributed by atoms with E-state index in [2.05, 4.69) is 0 Å². The van der Waals surface area contributed by atoms with Crippen LogP contribution in [-0.4, -0.2) is 46.7 Å². The van der Waals surface area contributed by atoms with Crippen LogP contribution in [-0.2, 0) is 9.59 Å². The minimum Gasteiger partial charge on any atom is -0.478 e. The van der Waals surface area contributed by atoms with Crippen molar-refractivity contribution in [2.24, 2.45) is 0 Å². The lowest BCUT2D eigenvalue weighted by Gasteiger charge is -2.09. The van der Waals surface area contributed by atoms with Crippen LogP contribution < -0.4 is 9.47 Å². The Hall–Kier alpha value is -4.34. The standard InChI is InChI=1S/C19H12O10/c20-8-10-1-3-14(12(5-10)18(24)25)28-16(22)7-17(23)29-15-4-2-11(9-21)6-13(15)19(26)27/h1-6,8-9H,7H2,(H,24,25)(H,26,27). The van der Waals surface area contributed by atoms with Crippen molar-refractivity contribution < 1.29 is 48.5 Å². The highest BCUT2D eigenvalue weighted by Gasteiger charge is 2.21. The van der Waals surface area contributed by atoms with Crippen molar-refractivity contribution in [2.45, 2.75) is 6.42 Å². The van der Waals surface area contributed by atoms with E-state index in [1.54, 1.807) is 0 Å². The van der Waals surface area contributed by atoms with Gasteiger partial charge in [-0.3, -0.25) is 19.2 Å². The van der Waals surface area contributed by atoms with E-state index in [-0.39, 0.29) is 22.6 Å². The lowest BCUT2D eigenvalue weighted by atomic mass is 10.1. The second-order valence-electron chi connectivity index (χ2n) is 5.48. The molecule has 0 radical (unpaired) electrons. The summed E-state index contributed by atoms with van der Waals surface area (Å²) in [5, 5.41) is 18.2. The van der Waals surface area contributed by atoms with Gasteiger partial charge in [0, 0.05) is 11.1 Å². The minimum absolute atomic E-state index is 0.0431. The molecule has 0 aliphatic rings. The molecular formula is C19H12O10. The number of carbonyl (C=O) groups is 6. The van der Waals surface area contributed by atoms with E-state index in [0.717, 1.165) is 24.3 Å². The molecule has 0 atom stereocenters. The van der Waals surface area contributed by atoms with Crippen LogP contribution in [0.2, 0.25) is 0 Å². The Balaban J connectivity index is 2.12. The first kappa shape index (κ1) is 21.0. The van der Waals surface area contributed by atoms with Crippen LogP contribution in [0.3, 0.4) is 0 Å². The van der Waals surface area contributed by atoms with Gasteiger partial charge in [0.1, 0.15) is 41.6 Å². The number of carboxylic acids is 2. The molecule has 0 unspecified atom stereocenters. The van der Waals surface area contributed by atoms with Gasteiger partial charge in [-0.2, -0.15) is 0 Å². The second-order valence-corrected chi connectivity index (χ2v) is 5.48. The number of benzene rings is 2. The molecule has 0 aromatic heterocycles. The number of ether oxygens (including phenoxy) is 2. The van der Waals surface area contributed by atoms with Crippen molar-refractivity contribution in [1.82, 2.24) is 0 Å². The van der Waals surface area contributed by atoms with Crippen LogP contribution in [0, 0.1) is 0 Å². The predicted molar refractivity (Wildman–Crippen MR) is 93.5 cm³/mol. The van der Waals surface area contributed by atoms with Crippen LogP contribution in [0.15, 0.2) is 36.4 Å². The van der Waals surface area contributed by atoms with Gasteiger partial charge in [-0.1, -0.05) is 0 Å². The Morgan fingerprint density at radius 1 is 0.724 bits per heavy atom. The molecule has 0 saturated carbocycles. The fourth-order valence-corrected chi connectivity index (χ4v) is 2.19. The summed E-state index contributed by atoms with van der Waals surface area (Å²) in [5.74, 6) is -6.03. The summed E-state index contributed by atoms with van der Waals surface area (Å²) in [5.41, 5.74) is -0.842. The van der Waals surface area contributed by atoms with Crippen LogP contribution in [0.25, 0.3) is 0 Å². The molecule has 2 aromatic carbocycles. The zero-order chi connectivity index (χ0) is 21.6. The number of rotatable bonds is 8. The molecule has 0 fully saturated rings. The summed E-state index contributed by atoms with van der Waals surface area (Å²) in [4.78, 5) is 67.7. The van der Waals surface area contributed by atoms with E-state index < -0.39 is 41.4 Å². The van der Waals surface area contributed by atoms with Crippen molar-refractivity contribution in [3.05, 3.63) is 58.7 Å². The van der Waals surface area contributed by atoms with Crippen molar-refractivity contribution >= 4 is 36.4 Å². The Kier molecular flexibility index (Phi) is 6.54. The molecule has 2 aromatic rings. The van der Waals surface area contributed by atoms with E-state index in [0.29, 0.717) is 12.6 Å². The molecule has 0 amide bonds. The quantitative estimate of drug-likeness (QED) is 0.288. The Labute approximate surface area is 162 Å². The van der Waals surface area contributed by atoms with Gasteiger partial charge in [-0.15, -0.1) is 0 Å². The van der Waals surface area contributed by atoms with E-state index >= 15 is 0 Å². The average Bonchev–Trinajstić information content (AvgIpc) is 2.67. The first-order valence-corrected chi connectivity index (χ1v) is 7.81. The predicted octanol–water partition coefficient (Wildman–Crippen LogP) is 1.61. The maximum absolute atomic E-state index is 11.9. The zero-order valence-corrected chi connectivity index (χ0v) is 14.5. The molecule has 2 rings (SSSR count). The lowest BCUT2D eigenvalue weighted by molar-refractivity contribution is -0.144. The second kappa shape index (κ2) is 9.04. The third-order valence-corrected chi connectivity index (χ3v) is 3.48. The molecule has 0 heterocycles. The number of esters is 2. The highest BCUT2D eigenvalue weighted by molar-refractivity contribution is 5.98. The fourth-order valence-electron chi connectivity index (χ4n) is 2.19. The molecule has 10 heteroatoms. The first-order valence-electron chi connectivity index (χ1n) is 7.81. The third kappa shape index (κ3) is 5.32.